The molecule has 2 aliphatic rings. The zero-order valence-corrected chi connectivity index (χ0v) is 15.7. The van der Waals surface area contributed by atoms with Crippen LogP contribution in [0, 0.1) is 17.1 Å². The van der Waals surface area contributed by atoms with Gasteiger partial charge in [-0.1, -0.05) is 12.1 Å². The Morgan fingerprint density at radius 1 is 1.10 bits per heavy atom. The fourth-order valence-electron chi connectivity index (χ4n) is 4.15. The van der Waals surface area contributed by atoms with E-state index < -0.39 is 11.6 Å². The van der Waals surface area contributed by atoms with Crippen molar-refractivity contribution in [3.05, 3.63) is 64.0 Å². The largest absolute Gasteiger partial charge is 0.347 e. The predicted octanol–water partition coefficient (Wildman–Crippen LogP) is 3.15. The average Bonchev–Trinajstić information content (AvgIpc) is 3.12. The van der Waals surface area contributed by atoms with Gasteiger partial charge in [0.1, 0.15) is 17.7 Å². The summed E-state index contributed by atoms with van der Waals surface area (Å²) in [5.41, 5.74) is 1.97. The fourth-order valence-corrected chi connectivity index (χ4v) is 4.15. The summed E-state index contributed by atoms with van der Waals surface area (Å²) in [7, 11) is 0. The van der Waals surface area contributed by atoms with Gasteiger partial charge < -0.3 is 9.47 Å². The first-order valence-corrected chi connectivity index (χ1v) is 9.60. The summed E-state index contributed by atoms with van der Waals surface area (Å²) >= 11 is 0. The Labute approximate surface area is 166 Å². The van der Waals surface area contributed by atoms with Crippen LogP contribution in [0.3, 0.4) is 0 Å². The van der Waals surface area contributed by atoms with Gasteiger partial charge in [-0.2, -0.15) is 5.26 Å². The Morgan fingerprint density at radius 2 is 1.86 bits per heavy atom. The highest BCUT2D eigenvalue weighted by molar-refractivity contribution is 5.84. The Hall–Kier alpha value is -3.08. The second kappa shape index (κ2) is 6.76. The number of hydrogen-bond donors (Lipinski definition) is 0. The van der Waals surface area contributed by atoms with Crippen LogP contribution >= 0.6 is 0 Å². The highest BCUT2D eigenvalue weighted by Gasteiger charge is 2.38. The molecule has 5 rings (SSSR count). The normalized spacial score (nSPS) is 17.8. The van der Waals surface area contributed by atoms with Crippen molar-refractivity contribution in [3.63, 3.8) is 0 Å². The van der Waals surface area contributed by atoms with Crippen molar-refractivity contribution < 1.29 is 13.9 Å². The summed E-state index contributed by atoms with van der Waals surface area (Å²) in [4.78, 5) is 17.8. The van der Waals surface area contributed by atoms with Crippen molar-refractivity contribution >= 4 is 10.9 Å². The van der Waals surface area contributed by atoms with E-state index in [-0.39, 0.29) is 11.1 Å². The summed E-state index contributed by atoms with van der Waals surface area (Å²) in [6.45, 7) is 1.65. The van der Waals surface area contributed by atoms with Gasteiger partial charge in [-0.05, 0) is 35.4 Å². The zero-order chi connectivity index (χ0) is 20.0. The summed E-state index contributed by atoms with van der Waals surface area (Å²) in [6.07, 6.45) is 1.87. The van der Waals surface area contributed by atoms with Gasteiger partial charge in [0.15, 0.2) is 5.79 Å². The Balaban J connectivity index is 1.58. The van der Waals surface area contributed by atoms with Gasteiger partial charge in [-0.25, -0.2) is 9.37 Å². The van der Waals surface area contributed by atoms with E-state index in [0.717, 1.165) is 5.56 Å². The van der Waals surface area contributed by atoms with Crippen LogP contribution < -0.4 is 5.56 Å². The van der Waals surface area contributed by atoms with E-state index in [0.29, 0.717) is 61.3 Å². The van der Waals surface area contributed by atoms with E-state index in [4.69, 9.17) is 19.7 Å². The maximum absolute atomic E-state index is 13.6. The molecule has 1 spiro atoms. The average molecular weight is 391 g/mol. The molecule has 3 heterocycles. The lowest BCUT2D eigenvalue weighted by Gasteiger charge is -2.24. The molecular weight excluding hydrogens is 373 g/mol. The molecule has 1 fully saturated rings. The van der Waals surface area contributed by atoms with Gasteiger partial charge in [0.05, 0.1) is 29.7 Å². The van der Waals surface area contributed by atoms with Crippen LogP contribution in [0.15, 0.2) is 41.2 Å². The van der Waals surface area contributed by atoms with Crippen molar-refractivity contribution in [2.24, 2.45) is 0 Å². The Morgan fingerprint density at radius 3 is 2.66 bits per heavy atom. The highest BCUT2D eigenvalue weighted by Crippen LogP contribution is 2.32. The number of fused-ring (bicyclic) bond motifs is 2. The number of benzene rings is 2. The minimum atomic E-state index is -0.612. The molecule has 0 amide bonds. The van der Waals surface area contributed by atoms with Gasteiger partial charge in [0, 0.05) is 25.8 Å². The standard InChI is InChI=1S/C22H18FN3O3/c23-18-4-2-14(11-16(18)13-24)15-1-3-17-19(12-15)25-20-5-6-22(28-9-10-29-22)7-8-26(20)21(17)27/h1-4,11-12H,5-10H2. The minimum Gasteiger partial charge on any atom is -0.347 e. The summed E-state index contributed by atoms with van der Waals surface area (Å²) < 4.78 is 27.0. The molecule has 0 radical (unpaired) electrons. The van der Waals surface area contributed by atoms with Gasteiger partial charge in [-0.15, -0.1) is 0 Å². The van der Waals surface area contributed by atoms with E-state index in [9.17, 15) is 9.18 Å². The minimum absolute atomic E-state index is 0.0144. The molecule has 0 unspecified atom stereocenters. The van der Waals surface area contributed by atoms with Crippen LogP contribution in [-0.4, -0.2) is 28.6 Å². The zero-order valence-electron chi connectivity index (χ0n) is 15.7. The molecule has 1 aromatic heterocycles. The molecule has 29 heavy (non-hydrogen) atoms. The lowest BCUT2D eigenvalue weighted by atomic mass is 10.0. The molecule has 6 nitrogen and oxygen atoms in total. The number of aromatic nitrogens is 2. The van der Waals surface area contributed by atoms with Gasteiger partial charge >= 0.3 is 0 Å². The van der Waals surface area contributed by atoms with Crippen molar-refractivity contribution in [2.75, 3.05) is 13.2 Å². The van der Waals surface area contributed by atoms with Crippen molar-refractivity contribution in [2.45, 2.75) is 31.6 Å². The fraction of sp³-hybridized carbons (Fsp3) is 0.318. The van der Waals surface area contributed by atoms with Crippen molar-refractivity contribution in [3.8, 4) is 17.2 Å². The van der Waals surface area contributed by atoms with Gasteiger partial charge in [0.25, 0.3) is 5.56 Å². The lowest BCUT2D eigenvalue weighted by molar-refractivity contribution is -0.165. The van der Waals surface area contributed by atoms with Gasteiger partial charge in [0.2, 0.25) is 0 Å². The second-order valence-electron chi connectivity index (χ2n) is 7.38. The topological polar surface area (TPSA) is 77.1 Å². The maximum Gasteiger partial charge on any atom is 0.261 e. The van der Waals surface area contributed by atoms with Crippen LogP contribution in [0.1, 0.15) is 24.2 Å². The van der Waals surface area contributed by atoms with Crippen LogP contribution in [-0.2, 0) is 22.4 Å². The van der Waals surface area contributed by atoms with Crippen molar-refractivity contribution in [1.82, 2.24) is 9.55 Å². The van der Waals surface area contributed by atoms with E-state index in [1.165, 1.54) is 12.1 Å². The molecule has 0 N–H and O–H groups in total. The molecule has 0 saturated carbocycles. The second-order valence-corrected chi connectivity index (χ2v) is 7.38. The SMILES string of the molecule is N#Cc1cc(-c2ccc3c(=O)n4c(nc3c2)CCC2(CC4)OCCO2)ccc1F. The number of nitriles is 1. The maximum atomic E-state index is 13.6. The molecule has 146 valence electrons. The third-order valence-corrected chi connectivity index (χ3v) is 5.71. The molecule has 2 aliphatic heterocycles. The number of nitrogens with zero attached hydrogens (tertiary/aromatic N) is 3. The predicted molar refractivity (Wildman–Crippen MR) is 104 cm³/mol. The van der Waals surface area contributed by atoms with E-state index in [1.54, 1.807) is 22.8 Å². The molecule has 1 saturated heterocycles. The molecule has 0 bridgehead atoms. The number of aryl methyl sites for hydroxylation is 1. The van der Waals surface area contributed by atoms with E-state index in [2.05, 4.69) is 0 Å². The van der Waals surface area contributed by atoms with Crippen molar-refractivity contribution in [1.29, 1.82) is 5.26 Å². The molecule has 0 aliphatic carbocycles. The quantitative estimate of drug-likeness (QED) is 0.637. The molecule has 7 heteroatoms. The lowest BCUT2D eigenvalue weighted by Crippen LogP contribution is -2.31. The summed E-state index contributed by atoms with van der Waals surface area (Å²) in [5, 5.41) is 9.61. The number of rotatable bonds is 1. The third-order valence-electron chi connectivity index (χ3n) is 5.71. The smallest absolute Gasteiger partial charge is 0.261 e. The summed E-state index contributed by atoms with van der Waals surface area (Å²) in [6, 6.07) is 11.6. The molecule has 2 aromatic carbocycles. The Bertz CT molecular complexity index is 1220. The summed E-state index contributed by atoms with van der Waals surface area (Å²) in [5.74, 6) is -0.448. The van der Waals surface area contributed by atoms with E-state index >= 15 is 0 Å². The number of ether oxygens (including phenoxy) is 2. The Kier molecular flexibility index (Phi) is 4.19. The molecule has 3 aromatic rings. The third kappa shape index (κ3) is 3.01. The number of halogens is 1. The van der Waals surface area contributed by atoms with Crippen LogP contribution in [0.5, 0.6) is 0 Å². The van der Waals surface area contributed by atoms with Crippen LogP contribution in [0.25, 0.3) is 22.0 Å². The number of hydrogen-bond acceptors (Lipinski definition) is 5. The molecular formula is C22H18FN3O3. The first-order valence-electron chi connectivity index (χ1n) is 9.60. The first-order chi connectivity index (χ1) is 14.1. The highest BCUT2D eigenvalue weighted by atomic mass is 19.1. The van der Waals surface area contributed by atoms with Gasteiger partial charge in [-0.3, -0.25) is 9.36 Å². The molecule has 0 atom stereocenters. The van der Waals surface area contributed by atoms with Crippen LogP contribution in [0.4, 0.5) is 4.39 Å². The first kappa shape index (κ1) is 18.0. The van der Waals surface area contributed by atoms with Crippen LogP contribution in [0.2, 0.25) is 0 Å². The van der Waals surface area contributed by atoms with E-state index in [1.807, 2.05) is 12.1 Å². The monoisotopic (exact) mass is 391 g/mol.